The van der Waals surface area contributed by atoms with Crippen LogP contribution in [0.5, 0.6) is 5.75 Å². The van der Waals surface area contributed by atoms with Gasteiger partial charge < -0.3 is 15.5 Å². The highest BCUT2D eigenvalue weighted by Gasteiger charge is 2.20. The zero-order valence-corrected chi connectivity index (χ0v) is 12.9. The first kappa shape index (κ1) is 16.1. The zero-order valence-electron chi connectivity index (χ0n) is 12.9. The van der Waals surface area contributed by atoms with Gasteiger partial charge in [0.1, 0.15) is 34.8 Å². The molecule has 1 aromatic carbocycles. The van der Waals surface area contributed by atoms with Crippen molar-refractivity contribution >= 4 is 5.82 Å². The standard InChI is InChI=1S/C17H16N4O2/c1-10(2)9-23-14-6-4-3-5-11(14)15-12(7-18)16(20)21-17(22)13(15)8-19/h3-6,10H,9H2,1-2H3,(H3,20,21,22). The van der Waals surface area contributed by atoms with Crippen LogP contribution in [-0.4, -0.2) is 11.6 Å². The maximum absolute atomic E-state index is 12.0. The van der Waals surface area contributed by atoms with Crippen molar-refractivity contribution in [2.24, 2.45) is 5.92 Å². The summed E-state index contributed by atoms with van der Waals surface area (Å²) in [4.78, 5) is 14.3. The van der Waals surface area contributed by atoms with Gasteiger partial charge in [-0.2, -0.15) is 10.5 Å². The molecular weight excluding hydrogens is 292 g/mol. The third kappa shape index (κ3) is 3.17. The first-order valence-corrected chi connectivity index (χ1v) is 7.07. The Morgan fingerprint density at radius 1 is 1.22 bits per heavy atom. The number of benzene rings is 1. The number of hydrogen-bond donors (Lipinski definition) is 2. The molecule has 0 radical (unpaired) electrons. The summed E-state index contributed by atoms with van der Waals surface area (Å²) < 4.78 is 5.76. The molecule has 6 nitrogen and oxygen atoms in total. The fourth-order valence-corrected chi connectivity index (χ4v) is 2.17. The number of nitrogens with one attached hydrogen (secondary N) is 1. The molecule has 0 aliphatic rings. The highest BCUT2D eigenvalue weighted by Crippen LogP contribution is 2.35. The van der Waals surface area contributed by atoms with Crippen LogP contribution < -0.4 is 16.0 Å². The molecule has 0 aliphatic carbocycles. The van der Waals surface area contributed by atoms with Crippen LogP contribution in [-0.2, 0) is 0 Å². The Bertz CT molecular complexity index is 870. The Morgan fingerprint density at radius 3 is 2.48 bits per heavy atom. The van der Waals surface area contributed by atoms with E-state index in [1.807, 2.05) is 26.0 Å². The van der Waals surface area contributed by atoms with Crippen LogP contribution in [0.3, 0.4) is 0 Å². The Balaban J connectivity index is 2.75. The molecule has 0 aliphatic heterocycles. The third-order valence-electron chi connectivity index (χ3n) is 3.20. The Morgan fingerprint density at radius 2 is 1.87 bits per heavy atom. The van der Waals surface area contributed by atoms with Crippen LogP contribution in [0.25, 0.3) is 11.1 Å². The van der Waals surface area contributed by atoms with Crippen molar-refractivity contribution in [1.82, 2.24) is 4.98 Å². The van der Waals surface area contributed by atoms with Gasteiger partial charge in [0, 0.05) is 11.1 Å². The summed E-state index contributed by atoms with van der Waals surface area (Å²) >= 11 is 0. The van der Waals surface area contributed by atoms with Gasteiger partial charge >= 0.3 is 0 Å². The third-order valence-corrected chi connectivity index (χ3v) is 3.20. The van der Waals surface area contributed by atoms with Crippen LogP contribution in [0, 0.1) is 28.6 Å². The van der Waals surface area contributed by atoms with Gasteiger partial charge in [-0.15, -0.1) is 0 Å². The van der Waals surface area contributed by atoms with Gasteiger partial charge in [-0.1, -0.05) is 32.0 Å². The molecule has 116 valence electrons. The number of nitrogens with zero attached hydrogens (tertiary/aromatic N) is 2. The molecule has 0 amide bonds. The molecule has 2 aromatic rings. The Kier molecular flexibility index (Phi) is 4.68. The average molecular weight is 308 g/mol. The molecule has 2 rings (SSSR count). The van der Waals surface area contributed by atoms with Crippen molar-refractivity contribution in [1.29, 1.82) is 10.5 Å². The summed E-state index contributed by atoms with van der Waals surface area (Å²) in [5, 5.41) is 18.7. The predicted molar refractivity (Wildman–Crippen MR) is 86.7 cm³/mol. The average Bonchev–Trinajstić information content (AvgIpc) is 2.52. The Hall–Kier alpha value is -3.25. The number of hydrogen-bond acceptors (Lipinski definition) is 5. The minimum atomic E-state index is -0.627. The molecule has 23 heavy (non-hydrogen) atoms. The number of nitriles is 2. The number of pyridine rings is 1. The van der Waals surface area contributed by atoms with Gasteiger partial charge in [0.2, 0.25) is 0 Å². The maximum Gasteiger partial charge on any atom is 0.268 e. The lowest BCUT2D eigenvalue weighted by molar-refractivity contribution is 0.272. The molecule has 0 saturated heterocycles. The van der Waals surface area contributed by atoms with E-state index in [2.05, 4.69) is 4.98 Å². The normalized spacial score (nSPS) is 10.1. The summed E-state index contributed by atoms with van der Waals surface area (Å²) in [5.41, 5.74) is 5.71. The lowest BCUT2D eigenvalue weighted by atomic mass is 9.96. The number of H-pyrrole nitrogens is 1. The first-order valence-electron chi connectivity index (χ1n) is 7.07. The first-order chi connectivity index (χ1) is 11.0. The molecule has 0 atom stereocenters. The zero-order chi connectivity index (χ0) is 17.0. The minimum absolute atomic E-state index is 0.0572. The number of ether oxygens (including phenoxy) is 1. The molecule has 1 heterocycles. The topological polar surface area (TPSA) is 116 Å². The summed E-state index contributed by atoms with van der Waals surface area (Å²) in [7, 11) is 0. The van der Waals surface area contributed by atoms with Gasteiger partial charge in [0.05, 0.1) is 6.61 Å². The van der Waals surface area contributed by atoms with Gasteiger partial charge in [-0.3, -0.25) is 4.79 Å². The van der Waals surface area contributed by atoms with Gasteiger partial charge in [0.15, 0.2) is 0 Å². The van der Waals surface area contributed by atoms with E-state index in [-0.39, 0.29) is 22.5 Å². The second-order valence-corrected chi connectivity index (χ2v) is 5.42. The van der Waals surface area contributed by atoms with Crippen molar-refractivity contribution in [3.8, 4) is 29.0 Å². The summed E-state index contributed by atoms with van der Waals surface area (Å²) in [6.07, 6.45) is 0. The molecule has 0 saturated carbocycles. The van der Waals surface area contributed by atoms with Gasteiger partial charge in [-0.05, 0) is 12.0 Å². The second-order valence-electron chi connectivity index (χ2n) is 5.42. The number of anilines is 1. The van der Waals surface area contributed by atoms with Crippen molar-refractivity contribution in [2.75, 3.05) is 12.3 Å². The number of aromatic amines is 1. The van der Waals surface area contributed by atoms with Crippen LogP contribution in [0.1, 0.15) is 25.0 Å². The van der Waals surface area contributed by atoms with Crippen molar-refractivity contribution < 1.29 is 4.74 Å². The second kappa shape index (κ2) is 6.67. The van der Waals surface area contributed by atoms with E-state index < -0.39 is 5.56 Å². The van der Waals surface area contributed by atoms with E-state index in [1.54, 1.807) is 24.3 Å². The van der Waals surface area contributed by atoms with Crippen molar-refractivity contribution in [3.05, 3.63) is 45.7 Å². The lowest BCUT2D eigenvalue weighted by Crippen LogP contribution is -2.16. The van der Waals surface area contributed by atoms with Crippen LogP contribution in [0.2, 0.25) is 0 Å². The summed E-state index contributed by atoms with van der Waals surface area (Å²) in [6, 6.07) is 10.8. The molecular formula is C17H16N4O2. The highest BCUT2D eigenvalue weighted by atomic mass is 16.5. The molecule has 0 spiro atoms. The molecule has 0 unspecified atom stereocenters. The number of nitrogens with two attached hydrogens (primary N) is 1. The number of para-hydroxylation sites is 1. The fourth-order valence-electron chi connectivity index (χ4n) is 2.17. The molecule has 0 bridgehead atoms. The Labute approximate surface area is 133 Å². The molecule has 3 N–H and O–H groups in total. The lowest BCUT2D eigenvalue weighted by Gasteiger charge is -2.15. The van der Waals surface area contributed by atoms with Gasteiger partial charge in [-0.25, -0.2) is 0 Å². The largest absolute Gasteiger partial charge is 0.493 e. The fraction of sp³-hybridized carbons (Fsp3) is 0.235. The van der Waals surface area contributed by atoms with Crippen molar-refractivity contribution in [3.63, 3.8) is 0 Å². The summed E-state index contributed by atoms with van der Waals surface area (Å²) in [6.45, 7) is 4.49. The molecule has 1 aromatic heterocycles. The van der Waals surface area contributed by atoms with Crippen LogP contribution in [0.4, 0.5) is 5.82 Å². The monoisotopic (exact) mass is 308 g/mol. The maximum atomic E-state index is 12.0. The minimum Gasteiger partial charge on any atom is -0.493 e. The quantitative estimate of drug-likeness (QED) is 0.899. The highest BCUT2D eigenvalue weighted by molar-refractivity contribution is 5.83. The number of rotatable bonds is 4. The smallest absolute Gasteiger partial charge is 0.268 e. The van der Waals surface area contributed by atoms with Gasteiger partial charge in [0.25, 0.3) is 5.56 Å². The van der Waals surface area contributed by atoms with E-state index >= 15 is 0 Å². The SMILES string of the molecule is CC(C)COc1ccccc1-c1c(C#N)c(N)[nH]c(=O)c1C#N. The van der Waals surface area contributed by atoms with Crippen LogP contribution in [0.15, 0.2) is 29.1 Å². The van der Waals surface area contributed by atoms with E-state index in [0.29, 0.717) is 23.8 Å². The number of aromatic nitrogens is 1. The molecule has 0 fully saturated rings. The van der Waals surface area contributed by atoms with E-state index in [4.69, 9.17) is 10.5 Å². The number of nitrogen functional groups attached to an aromatic ring is 1. The van der Waals surface area contributed by atoms with Crippen LogP contribution >= 0.6 is 0 Å². The van der Waals surface area contributed by atoms with E-state index in [9.17, 15) is 15.3 Å². The summed E-state index contributed by atoms with van der Waals surface area (Å²) in [5.74, 6) is 0.738. The van der Waals surface area contributed by atoms with E-state index in [1.165, 1.54) is 0 Å². The predicted octanol–water partition coefficient (Wildman–Crippen LogP) is 2.40. The molecule has 6 heteroatoms. The van der Waals surface area contributed by atoms with Crippen molar-refractivity contribution in [2.45, 2.75) is 13.8 Å². The van der Waals surface area contributed by atoms with E-state index in [0.717, 1.165) is 0 Å².